The van der Waals surface area contributed by atoms with Crippen molar-refractivity contribution in [3.63, 3.8) is 0 Å². The molecule has 1 aliphatic rings. The highest BCUT2D eigenvalue weighted by atomic mass is 19.4. The molecule has 0 saturated carbocycles. The number of likely N-dealkylation sites (N-methyl/N-ethyl adjacent to an activating group) is 1. The summed E-state index contributed by atoms with van der Waals surface area (Å²) in [4.78, 5) is 13.7. The zero-order chi connectivity index (χ0) is 14.8. The first-order chi connectivity index (χ1) is 9.41. The van der Waals surface area contributed by atoms with Gasteiger partial charge in [0.15, 0.2) is 0 Å². The maximum Gasteiger partial charge on any atom is 0.417 e. The molecule has 1 fully saturated rings. The van der Waals surface area contributed by atoms with Crippen molar-refractivity contribution in [2.75, 3.05) is 20.1 Å². The van der Waals surface area contributed by atoms with Crippen LogP contribution in [0.2, 0.25) is 0 Å². The van der Waals surface area contributed by atoms with E-state index in [-0.39, 0.29) is 11.6 Å². The minimum atomic E-state index is -4.52. The van der Waals surface area contributed by atoms with Gasteiger partial charge in [-0.25, -0.2) is 0 Å². The number of nitrogens with zero attached hydrogens (tertiary/aromatic N) is 1. The zero-order valence-electron chi connectivity index (χ0n) is 11.2. The van der Waals surface area contributed by atoms with E-state index in [1.54, 1.807) is 7.05 Å². The minimum Gasteiger partial charge on any atom is -0.337 e. The Balaban J connectivity index is 2.24. The van der Waals surface area contributed by atoms with Crippen LogP contribution in [0.1, 0.15) is 28.8 Å². The second-order valence-corrected chi connectivity index (χ2v) is 4.96. The Labute approximate surface area is 115 Å². The van der Waals surface area contributed by atoms with E-state index in [1.807, 2.05) is 0 Å². The first-order valence-corrected chi connectivity index (χ1v) is 6.55. The lowest BCUT2D eigenvalue weighted by atomic mass is 10.0. The number of amides is 1. The molecule has 0 unspecified atom stereocenters. The zero-order valence-corrected chi connectivity index (χ0v) is 11.2. The number of halogens is 3. The van der Waals surface area contributed by atoms with E-state index in [1.165, 1.54) is 23.1 Å². The summed E-state index contributed by atoms with van der Waals surface area (Å²) < 4.78 is 38.8. The summed E-state index contributed by atoms with van der Waals surface area (Å²) in [5, 5.41) is 3.15. The molecule has 1 aromatic rings. The Kier molecular flexibility index (Phi) is 4.32. The van der Waals surface area contributed by atoms with Gasteiger partial charge in [-0.1, -0.05) is 12.1 Å². The van der Waals surface area contributed by atoms with Gasteiger partial charge in [0.1, 0.15) is 0 Å². The van der Waals surface area contributed by atoms with Crippen molar-refractivity contribution < 1.29 is 18.0 Å². The summed E-state index contributed by atoms with van der Waals surface area (Å²) in [6.45, 7) is 1.51. The largest absolute Gasteiger partial charge is 0.417 e. The van der Waals surface area contributed by atoms with Gasteiger partial charge in [-0.05, 0) is 31.5 Å². The van der Waals surface area contributed by atoms with Gasteiger partial charge < -0.3 is 10.2 Å². The van der Waals surface area contributed by atoms with Crippen molar-refractivity contribution in [2.24, 2.45) is 0 Å². The van der Waals surface area contributed by atoms with Crippen LogP contribution in [0.25, 0.3) is 0 Å². The van der Waals surface area contributed by atoms with Gasteiger partial charge in [-0.15, -0.1) is 0 Å². The lowest BCUT2D eigenvalue weighted by Gasteiger charge is -2.32. The lowest BCUT2D eigenvalue weighted by Crippen LogP contribution is -2.47. The quantitative estimate of drug-likeness (QED) is 0.906. The monoisotopic (exact) mass is 286 g/mol. The van der Waals surface area contributed by atoms with E-state index in [2.05, 4.69) is 5.32 Å². The Morgan fingerprint density at radius 1 is 1.35 bits per heavy atom. The van der Waals surface area contributed by atoms with Crippen LogP contribution >= 0.6 is 0 Å². The fourth-order valence-electron chi connectivity index (χ4n) is 2.44. The van der Waals surface area contributed by atoms with Gasteiger partial charge in [0.05, 0.1) is 11.1 Å². The van der Waals surface area contributed by atoms with Crippen LogP contribution in [0.15, 0.2) is 24.3 Å². The van der Waals surface area contributed by atoms with Crippen molar-refractivity contribution in [2.45, 2.75) is 25.1 Å². The Bertz CT molecular complexity index is 482. The molecule has 1 aliphatic heterocycles. The number of benzene rings is 1. The van der Waals surface area contributed by atoms with Crippen molar-refractivity contribution in [1.29, 1.82) is 0 Å². The van der Waals surface area contributed by atoms with Crippen molar-refractivity contribution in [3.05, 3.63) is 35.4 Å². The molecule has 2 rings (SSSR count). The molecule has 1 aromatic carbocycles. The van der Waals surface area contributed by atoms with Crippen LogP contribution in [-0.2, 0) is 6.18 Å². The maximum atomic E-state index is 12.9. The van der Waals surface area contributed by atoms with E-state index < -0.39 is 17.6 Å². The second-order valence-electron chi connectivity index (χ2n) is 4.96. The van der Waals surface area contributed by atoms with Crippen LogP contribution in [0.4, 0.5) is 13.2 Å². The molecule has 1 atom stereocenters. The number of rotatable bonds is 2. The van der Waals surface area contributed by atoms with E-state index in [4.69, 9.17) is 0 Å². The standard InChI is InChI=1S/C14H17F3N2O/c1-19(10-5-4-8-18-9-10)13(20)11-6-2-3-7-12(11)14(15,16)17/h2-3,6-7,10,18H,4-5,8-9H2,1H3/t10-/m0/s1. The second kappa shape index (κ2) is 5.83. The number of hydrogen-bond acceptors (Lipinski definition) is 2. The lowest BCUT2D eigenvalue weighted by molar-refractivity contribution is -0.138. The van der Waals surface area contributed by atoms with E-state index in [0.717, 1.165) is 25.5 Å². The minimum absolute atomic E-state index is 0.0578. The smallest absolute Gasteiger partial charge is 0.337 e. The molecule has 6 heteroatoms. The fourth-order valence-corrected chi connectivity index (χ4v) is 2.44. The third kappa shape index (κ3) is 3.12. The highest BCUT2D eigenvalue weighted by molar-refractivity contribution is 5.96. The molecule has 0 spiro atoms. The highest BCUT2D eigenvalue weighted by Gasteiger charge is 2.36. The summed E-state index contributed by atoms with van der Waals surface area (Å²) in [7, 11) is 1.56. The molecule has 20 heavy (non-hydrogen) atoms. The summed E-state index contributed by atoms with van der Waals surface area (Å²) in [6.07, 6.45) is -2.79. The molecule has 0 bridgehead atoms. The molecule has 1 heterocycles. The van der Waals surface area contributed by atoms with Gasteiger partial charge in [0, 0.05) is 19.6 Å². The van der Waals surface area contributed by atoms with E-state index >= 15 is 0 Å². The van der Waals surface area contributed by atoms with Crippen LogP contribution < -0.4 is 5.32 Å². The average Bonchev–Trinajstić information content (AvgIpc) is 2.46. The Morgan fingerprint density at radius 3 is 2.65 bits per heavy atom. The fraction of sp³-hybridized carbons (Fsp3) is 0.500. The van der Waals surface area contributed by atoms with Crippen LogP contribution in [0.5, 0.6) is 0 Å². The summed E-state index contributed by atoms with van der Waals surface area (Å²) in [6, 6.07) is 4.87. The number of alkyl halides is 3. The van der Waals surface area contributed by atoms with Crippen LogP contribution in [0, 0.1) is 0 Å². The number of piperidine rings is 1. The summed E-state index contributed by atoms with van der Waals surface area (Å²) >= 11 is 0. The summed E-state index contributed by atoms with van der Waals surface area (Å²) in [5.74, 6) is -0.577. The van der Waals surface area contributed by atoms with Gasteiger partial charge in [0.2, 0.25) is 0 Å². The number of carbonyl (C=O) groups is 1. The maximum absolute atomic E-state index is 12.9. The molecule has 1 N–H and O–H groups in total. The van der Waals surface area contributed by atoms with Crippen molar-refractivity contribution in [3.8, 4) is 0 Å². The van der Waals surface area contributed by atoms with E-state index in [9.17, 15) is 18.0 Å². The highest BCUT2D eigenvalue weighted by Crippen LogP contribution is 2.32. The van der Waals surface area contributed by atoms with Crippen LogP contribution in [0.3, 0.4) is 0 Å². The number of nitrogens with one attached hydrogen (secondary N) is 1. The van der Waals surface area contributed by atoms with Gasteiger partial charge in [-0.2, -0.15) is 13.2 Å². The topological polar surface area (TPSA) is 32.3 Å². The van der Waals surface area contributed by atoms with Crippen molar-refractivity contribution >= 4 is 5.91 Å². The number of hydrogen-bond donors (Lipinski definition) is 1. The first-order valence-electron chi connectivity index (χ1n) is 6.55. The first kappa shape index (κ1) is 14.8. The van der Waals surface area contributed by atoms with Gasteiger partial charge in [-0.3, -0.25) is 4.79 Å². The Morgan fingerprint density at radius 2 is 2.05 bits per heavy atom. The summed E-state index contributed by atoms with van der Waals surface area (Å²) in [5.41, 5.74) is -1.16. The van der Waals surface area contributed by atoms with Crippen molar-refractivity contribution in [1.82, 2.24) is 10.2 Å². The SMILES string of the molecule is CN(C(=O)c1ccccc1C(F)(F)F)[C@H]1CCCNC1. The molecule has 110 valence electrons. The number of carbonyl (C=O) groups excluding carboxylic acids is 1. The molecule has 0 radical (unpaired) electrons. The van der Waals surface area contributed by atoms with Gasteiger partial charge in [0.25, 0.3) is 5.91 Å². The third-order valence-corrected chi connectivity index (χ3v) is 3.60. The molecular formula is C14H17F3N2O. The van der Waals surface area contributed by atoms with Crippen LogP contribution in [-0.4, -0.2) is 37.0 Å². The molecule has 3 nitrogen and oxygen atoms in total. The normalized spacial score (nSPS) is 19.7. The molecule has 1 saturated heterocycles. The molecule has 0 aliphatic carbocycles. The molecular weight excluding hydrogens is 269 g/mol. The predicted molar refractivity (Wildman–Crippen MR) is 69.4 cm³/mol. The molecule has 1 amide bonds. The average molecular weight is 286 g/mol. The third-order valence-electron chi connectivity index (χ3n) is 3.60. The van der Waals surface area contributed by atoms with E-state index in [0.29, 0.717) is 6.54 Å². The molecule has 0 aromatic heterocycles. The predicted octanol–water partition coefficient (Wildman–Crippen LogP) is 2.53. The Hall–Kier alpha value is -1.56. The van der Waals surface area contributed by atoms with Gasteiger partial charge >= 0.3 is 6.18 Å².